The van der Waals surface area contributed by atoms with Crippen molar-refractivity contribution in [1.82, 2.24) is 9.97 Å². The molecule has 0 radical (unpaired) electrons. The Morgan fingerprint density at radius 2 is 1.92 bits per heavy atom. The van der Waals surface area contributed by atoms with E-state index in [9.17, 15) is 4.79 Å². The minimum absolute atomic E-state index is 0.0349. The van der Waals surface area contributed by atoms with Crippen LogP contribution >= 0.6 is 0 Å². The Kier molecular flexibility index (Phi) is 5.08. The number of nitrogens with zero attached hydrogens (tertiary/aromatic N) is 3. The fourth-order valence-electron chi connectivity index (χ4n) is 3.02. The summed E-state index contributed by atoms with van der Waals surface area (Å²) in [5, 5.41) is 3.04. The van der Waals surface area contributed by atoms with Gasteiger partial charge >= 0.3 is 0 Å². The minimum Gasteiger partial charge on any atom is -0.340 e. The molecular formula is C19H24N4O. The summed E-state index contributed by atoms with van der Waals surface area (Å²) in [5.41, 5.74) is 2.13. The molecule has 2 aromatic rings. The third-order valence-corrected chi connectivity index (χ3v) is 4.47. The Bertz CT molecular complexity index is 670. The van der Waals surface area contributed by atoms with Crippen LogP contribution in [0, 0.1) is 5.92 Å². The molecule has 3 rings (SSSR count). The standard InChI is InChI=1S/C19H24N4O/c1-14(2)15-6-8-17(9-7-15)22-18(24)16-5-3-12-23(13-16)19-20-10-4-11-21-19/h4,6-11,14,16H,3,5,12-13H2,1-2H3,(H,22,24)/t16-/m1/s1. The summed E-state index contributed by atoms with van der Waals surface area (Å²) in [6, 6.07) is 9.91. The molecule has 1 saturated heterocycles. The molecule has 0 saturated carbocycles. The van der Waals surface area contributed by atoms with Gasteiger partial charge in [-0.2, -0.15) is 0 Å². The quantitative estimate of drug-likeness (QED) is 0.936. The molecule has 5 nitrogen and oxygen atoms in total. The van der Waals surface area contributed by atoms with Gasteiger partial charge in [0.15, 0.2) is 0 Å². The van der Waals surface area contributed by atoms with Crippen LogP contribution in [-0.4, -0.2) is 29.0 Å². The fraction of sp³-hybridized carbons (Fsp3) is 0.421. The summed E-state index contributed by atoms with van der Waals surface area (Å²) in [7, 11) is 0. The highest BCUT2D eigenvalue weighted by Gasteiger charge is 2.27. The predicted octanol–water partition coefficient (Wildman–Crippen LogP) is 3.46. The third kappa shape index (κ3) is 3.91. The minimum atomic E-state index is -0.0349. The van der Waals surface area contributed by atoms with E-state index in [2.05, 4.69) is 46.2 Å². The number of piperidine rings is 1. The summed E-state index contributed by atoms with van der Waals surface area (Å²) in [6.07, 6.45) is 5.35. The molecule has 1 fully saturated rings. The van der Waals surface area contributed by atoms with Gasteiger partial charge in [0.2, 0.25) is 11.9 Å². The van der Waals surface area contributed by atoms with Crippen LogP contribution in [-0.2, 0) is 4.79 Å². The van der Waals surface area contributed by atoms with Gasteiger partial charge in [-0.3, -0.25) is 4.79 Å². The zero-order valence-corrected chi connectivity index (χ0v) is 14.3. The Hall–Kier alpha value is -2.43. The third-order valence-electron chi connectivity index (χ3n) is 4.47. The van der Waals surface area contributed by atoms with E-state index in [1.165, 1.54) is 5.56 Å². The molecule has 0 spiro atoms. The molecule has 1 aliphatic rings. The number of anilines is 2. The van der Waals surface area contributed by atoms with E-state index in [1.54, 1.807) is 18.5 Å². The van der Waals surface area contributed by atoms with Crippen molar-refractivity contribution in [2.24, 2.45) is 5.92 Å². The van der Waals surface area contributed by atoms with Crippen LogP contribution in [0.25, 0.3) is 0 Å². The number of carbonyl (C=O) groups excluding carboxylic acids is 1. The zero-order chi connectivity index (χ0) is 16.9. The van der Waals surface area contributed by atoms with E-state index >= 15 is 0 Å². The lowest BCUT2D eigenvalue weighted by atomic mass is 9.97. The highest BCUT2D eigenvalue weighted by atomic mass is 16.1. The molecule has 5 heteroatoms. The van der Waals surface area contributed by atoms with Crippen molar-refractivity contribution in [3.63, 3.8) is 0 Å². The average molecular weight is 324 g/mol. The molecule has 1 aromatic heterocycles. The molecule has 1 amide bonds. The van der Waals surface area contributed by atoms with Crippen LogP contribution in [0.1, 0.15) is 38.2 Å². The highest BCUT2D eigenvalue weighted by Crippen LogP contribution is 2.22. The second-order valence-corrected chi connectivity index (χ2v) is 6.60. The average Bonchev–Trinajstić information content (AvgIpc) is 2.63. The molecule has 0 aliphatic carbocycles. The summed E-state index contributed by atoms with van der Waals surface area (Å²) in [6.45, 7) is 5.89. The smallest absolute Gasteiger partial charge is 0.229 e. The number of aromatic nitrogens is 2. The predicted molar refractivity (Wildman–Crippen MR) is 96.1 cm³/mol. The summed E-state index contributed by atoms with van der Waals surface area (Å²) < 4.78 is 0. The first-order chi connectivity index (χ1) is 11.6. The number of carbonyl (C=O) groups is 1. The van der Waals surface area contributed by atoms with Gasteiger partial charge in [-0.05, 0) is 42.5 Å². The first-order valence-corrected chi connectivity index (χ1v) is 8.56. The number of hydrogen-bond acceptors (Lipinski definition) is 4. The second kappa shape index (κ2) is 7.43. The van der Waals surface area contributed by atoms with Gasteiger partial charge in [0.25, 0.3) is 0 Å². The molecule has 1 aromatic carbocycles. The van der Waals surface area contributed by atoms with E-state index in [4.69, 9.17) is 0 Å². The van der Waals surface area contributed by atoms with Crippen LogP contribution in [0.15, 0.2) is 42.7 Å². The van der Waals surface area contributed by atoms with E-state index in [0.717, 1.165) is 25.1 Å². The molecule has 1 atom stereocenters. The molecular weight excluding hydrogens is 300 g/mol. The lowest BCUT2D eigenvalue weighted by molar-refractivity contribution is -0.120. The zero-order valence-electron chi connectivity index (χ0n) is 14.3. The van der Waals surface area contributed by atoms with Gasteiger partial charge < -0.3 is 10.2 Å². The fourth-order valence-corrected chi connectivity index (χ4v) is 3.02. The Balaban J connectivity index is 1.62. The van der Waals surface area contributed by atoms with Gasteiger partial charge in [0.05, 0.1) is 5.92 Å². The second-order valence-electron chi connectivity index (χ2n) is 6.60. The molecule has 24 heavy (non-hydrogen) atoms. The van der Waals surface area contributed by atoms with Crippen molar-refractivity contribution in [3.05, 3.63) is 48.3 Å². The Morgan fingerprint density at radius 3 is 2.58 bits per heavy atom. The van der Waals surface area contributed by atoms with E-state index < -0.39 is 0 Å². The number of benzene rings is 1. The lowest BCUT2D eigenvalue weighted by Gasteiger charge is -2.31. The first kappa shape index (κ1) is 16.4. The molecule has 1 aliphatic heterocycles. The van der Waals surface area contributed by atoms with Crippen molar-refractivity contribution in [3.8, 4) is 0 Å². The van der Waals surface area contributed by atoms with Crippen molar-refractivity contribution in [2.75, 3.05) is 23.3 Å². The van der Waals surface area contributed by atoms with E-state index in [0.29, 0.717) is 18.4 Å². The summed E-state index contributed by atoms with van der Waals surface area (Å²) >= 11 is 0. The van der Waals surface area contributed by atoms with Crippen LogP contribution in [0.2, 0.25) is 0 Å². The number of nitrogens with one attached hydrogen (secondary N) is 1. The van der Waals surface area contributed by atoms with Crippen LogP contribution in [0.4, 0.5) is 11.6 Å². The number of rotatable bonds is 4. The van der Waals surface area contributed by atoms with Gasteiger partial charge in [0, 0.05) is 31.2 Å². The molecule has 0 unspecified atom stereocenters. The van der Waals surface area contributed by atoms with E-state index in [1.807, 2.05) is 12.1 Å². The van der Waals surface area contributed by atoms with Gasteiger partial charge in [-0.25, -0.2) is 9.97 Å². The molecule has 2 heterocycles. The lowest BCUT2D eigenvalue weighted by Crippen LogP contribution is -2.41. The monoisotopic (exact) mass is 324 g/mol. The van der Waals surface area contributed by atoms with Crippen molar-refractivity contribution >= 4 is 17.5 Å². The van der Waals surface area contributed by atoms with Gasteiger partial charge in [-0.15, -0.1) is 0 Å². The first-order valence-electron chi connectivity index (χ1n) is 8.56. The largest absolute Gasteiger partial charge is 0.340 e. The number of amides is 1. The topological polar surface area (TPSA) is 58.1 Å². The maximum absolute atomic E-state index is 12.6. The van der Waals surface area contributed by atoms with Crippen LogP contribution in [0.5, 0.6) is 0 Å². The Labute approximate surface area is 143 Å². The highest BCUT2D eigenvalue weighted by molar-refractivity contribution is 5.93. The molecule has 126 valence electrons. The van der Waals surface area contributed by atoms with Crippen LogP contribution in [0.3, 0.4) is 0 Å². The molecule has 1 N–H and O–H groups in total. The van der Waals surface area contributed by atoms with Crippen molar-refractivity contribution < 1.29 is 4.79 Å². The van der Waals surface area contributed by atoms with Crippen LogP contribution < -0.4 is 10.2 Å². The summed E-state index contributed by atoms with van der Waals surface area (Å²) in [5.74, 6) is 1.24. The Morgan fingerprint density at radius 1 is 1.21 bits per heavy atom. The van der Waals surface area contributed by atoms with E-state index in [-0.39, 0.29) is 11.8 Å². The maximum Gasteiger partial charge on any atom is 0.229 e. The maximum atomic E-state index is 12.6. The molecule has 0 bridgehead atoms. The normalized spacial score (nSPS) is 17.8. The number of hydrogen-bond donors (Lipinski definition) is 1. The van der Waals surface area contributed by atoms with Crippen molar-refractivity contribution in [2.45, 2.75) is 32.6 Å². The van der Waals surface area contributed by atoms with Gasteiger partial charge in [-0.1, -0.05) is 26.0 Å². The summed E-state index contributed by atoms with van der Waals surface area (Å²) in [4.78, 5) is 23.3. The van der Waals surface area contributed by atoms with Gasteiger partial charge in [0.1, 0.15) is 0 Å². The van der Waals surface area contributed by atoms with Crippen molar-refractivity contribution in [1.29, 1.82) is 0 Å². The SMILES string of the molecule is CC(C)c1ccc(NC(=O)[C@@H]2CCCN(c3ncccn3)C2)cc1.